The summed E-state index contributed by atoms with van der Waals surface area (Å²) in [6.07, 6.45) is 5.53. The molecule has 8 nitrogen and oxygen atoms in total. The van der Waals surface area contributed by atoms with Gasteiger partial charge in [-0.3, -0.25) is 9.59 Å². The molecule has 1 unspecified atom stereocenters. The van der Waals surface area contributed by atoms with Crippen LogP contribution in [0.2, 0.25) is 0 Å². The standard InChI is InChI=1S/C20H23N3O5S/c1-13-10-17-20(25)22-16-11-14(5-6-18(16)29(26,27)23(17)12-13)19(24)21-8-7-15-4-2-3-9-28-15/h5-6,10-12,15H,2-4,7-9H2,1H3,(H,21,24)(H,22,25). The third kappa shape index (κ3) is 3.79. The molecule has 2 amide bonds. The third-order valence-electron chi connectivity index (χ3n) is 5.21. The van der Waals surface area contributed by atoms with E-state index in [0.717, 1.165) is 36.3 Å². The molecular formula is C20H23N3O5S. The number of aryl methyl sites for hydroxylation is 1. The second-order valence-electron chi connectivity index (χ2n) is 7.40. The third-order valence-corrected chi connectivity index (χ3v) is 6.94. The monoisotopic (exact) mass is 417 g/mol. The summed E-state index contributed by atoms with van der Waals surface area (Å²) in [5, 5.41) is 5.45. The molecular weight excluding hydrogens is 394 g/mol. The van der Waals surface area contributed by atoms with Crippen molar-refractivity contribution in [2.24, 2.45) is 0 Å². The van der Waals surface area contributed by atoms with Crippen molar-refractivity contribution < 1.29 is 22.7 Å². The van der Waals surface area contributed by atoms with E-state index in [1.54, 1.807) is 6.92 Å². The van der Waals surface area contributed by atoms with Gasteiger partial charge in [0, 0.05) is 24.9 Å². The predicted octanol–water partition coefficient (Wildman–Crippen LogP) is 2.29. The highest BCUT2D eigenvalue weighted by molar-refractivity contribution is 7.90. The van der Waals surface area contributed by atoms with Crippen LogP contribution < -0.4 is 10.6 Å². The molecule has 2 aliphatic heterocycles. The molecule has 0 spiro atoms. The highest BCUT2D eigenvalue weighted by Crippen LogP contribution is 2.30. The minimum absolute atomic E-state index is 0.0391. The normalized spacial score (nSPS) is 20.2. The Morgan fingerprint density at radius 3 is 2.90 bits per heavy atom. The molecule has 9 heteroatoms. The van der Waals surface area contributed by atoms with Crippen molar-refractivity contribution in [1.82, 2.24) is 9.29 Å². The van der Waals surface area contributed by atoms with E-state index in [-0.39, 0.29) is 33.9 Å². The van der Waals surface area contributed by atoms with Crippen LogP contribution in [0.4, 0.5) is 5.69 Å². The number of aromatic nitrogens is 1. The zero-order valence-corrected chi connectivity index (χ0v) is 16.9. The first kappa shape index (κ1) is 19.7. The molecule has 1 aromatic heterocycles. The van der Waals surface area contributed by atoms with Crippen LogP contribution in [0.5, 0.6) is 0 Å². The Balaban J connectivity index is 1.53. The average Bonchev–Trinajstić information content (AvgIpc) is 3.08. The quantitative estimate of drug-likeness (QED) is 0.794. The molecule has 4 rings (SSSR count). The smallest absolute Gasteiger partial charge is 0.273 e. The number of anilines is 1. The van der Waals surface area contributed by atoms with E-state index >= 15 is 0 Å². The summed E-state index contributed by atoms with van der Waals surface area (Å²) >= 11 is 0. The number of hydrogen-bond donors (Lipinski definition) is 2. The summed E-state index contributed by atoms with van der Waals surface area (Å²) in [7, 11) is -3.94. The van der Waals surface area contributed by atoms with Gasteiger partial charge in [0.15, 0.2) is 0 Å². The van der Waals surface area contributed by atoms with Gasteiger partial charge in [-0.05, 0) is 62.4 Å². The Bertz CT molecular complexity index is 1070. The first-order chi connectivity index (χ1) is 13.9. The molecule has 0 bridgehead atoms. The Morgan fingerprint density at radius 1 is 1.31 bits per heavy atom. The van der Waals surface area contributed by atoms with E-state index < -0.39 is 15.9 Å². The SMILES string of the molecule is Cc1cc2n(c1)S(=O)(=O)c1ccc(C(=O)NCCC3CCCCO3)cc1NC2=O. The lowest BCUT2D eigenvalue weighted by Crippen LogP contribution is -2.29. The Kier molecular flexibility index (Phi) is 5.18. The van der Waals surface area contributed by atoms with Gasteiger partial charge in [0.05, 0.1) is 11.8 Å². The molecule has 2 N–H and O–H groups in total. The molecule has 1 fully saturated rings. The summed E-state index contributed by atoms with van der Waals surface area (Å²) in [6.45, 7) is 2.95. The van der Waals surface area contributed by atoms with Gasteiger partial charge in [0.2, 0.25) is 0 Å². The van der Waals surface area contributed by atoms with E-state index in [1.807, 2.05) is 0 Å². The second kappa shape index (κ2) is 7.64. The van der Waals surface area contributed by atoms with Crippen LogP contribution in [-0.4, -0.2) is 43.5 Å². The number of nitrogens with one attached hydrogen (secondary N) is 2. The summed E-state index contributed by atoms with van der Waals surface area (Å²) < 4.78 is 32.5. The highest BCUT2D eigenvalue weighted by Gasteiger charge is 2.31. The fraction of sp³-hybridized carbons (Fsp3) is 0.400. The van der Waals surface area contributed by atoms with Crippen LogP contribution in [0.15, 0.2) is 35.4 Å². The minimum Gasteiger partial charge on any atom is -0.378 e. The van der Waals surface area contributed by atoms with Crippen LogP contribution in [-0.2, 0) is 14.8 Å². The van der Waals surface area contributed by atoms with Gasteiger partial charge in [-0.15, -0.1) is 0 Å². The first-order valence-electron chi connectivity index (χ1n) is 9.66. The van der Waals surface area contributed by atoms with Crippen LogP contribution in [0.1, 0.15) is 52.1 Å². The number of ether oxygens (including phenoxy) is 1. The average molecular weight is 417 g/mol. The Hall–Kier alpha value is -2.65. The van der Waals surface area contributed by atoms with Gasteiger partial charge in [-0.25, -0.2) is 12.4 Å². The van der Waals surface area contributed by atoms with Crippen molar-refractivity contribution in [3.63, 3.8) is 0 Å². The molecule has 1 atom stereocenters. The number of nitrogens with zero attached hydrogens (tertiary/aromatic N) is 1. The van der Waals surface area contributed by atoms with Gasteiger partial charge in [0.1, 0.15) is 10.6 Å². The van der Waals surface area contributed by atoms with Crippen LogP contribution in [0.25, 0.3) is 0 Å². The van der Waals surface area contributed by atoms with Crippen molar-refractivity contribution in [2.45, 2.75) is 43.6 Å². The van der Waals surface area contributed by atoms with E-state index in [4.69, 9.17) is 4.74 Å². The van der Waals surface area contributed by atoms with Gasteiger partial charge < -0.3 is 15.4 Å². The molecule has 0 saturated carbocycles. The number of carbonyl (C=O) groups excluding carboxylic acids is 2. The predicted molar refractivity (Wildman–Crippen MR) is 107 cm³/mol. The van der Waals surface area contributed by atoms with E-state index in [2.05, 4.69) is 10.6 Å². The molecule has 1 aromatic carbocycles. The number of amides is 2. The van der Waals surface area contributed by atoms with E-state index in [1.165, 1.54) is 30.5 Å². The Labute approximate surface area is 169 Å². The lowest BCUT2D eigenvalue weighted by molar-refractivity contribution is 0.0117. The topological polar surface area (TPSA) is 106 Å². The van der Waals surface area contributed by atoms with Crippen LogP contribution in [0, 0.1) is 6.92 Å². The molecule has 29 heavy (non-hydrogen) atoms. The molecule has 154 valence electrons. The van der Waals surface area contributed by atoms with Crippen molar-refractivity contribution in [3.05, 3.63) is 47.3 Å². The molecule has 3 heterocycles. The number of benzene rings is 1. The van der Waals surface area contributed by atoms with E-state index in [0.29, 0.717) is 12.1 Å². The zero-order valence-electron chi connectivity index (χ0n) is 16.1. The molecule has 0 radical (unpaired) electrons. The number of carbonyl (C=O) groups is 2. The summed E-state index contributed by atoms with van der Waals surface area (Å²) in [5.41, 5.74) is 1.09. The van der Waals surface area contributed by atoms with Crippen molar-refractivity contribution in [1.29, 1.82) is 0 Å². The van der Waals surface area contributed by atoms with Gasteiger partial charge in [0.25, 0.3) is 21.8 Å². The summed E-state index contributed by atoms with van der Waals surface area (Å²) in [5.74, 6) is -0.859. The first-order valence-corrected chi connectivity index (χ1v) is 11.1. The molecule has 0 aliphatic carbocycles. The maximum atomic E-state index is 13.0. The van der Waals surface area contributed by atoms with Crippen LogP contribution >= 0.6 is 0 Å². The fourth-order valence-electron chi connectivity index (χ4n) is 3.71. The van der Waals surface area contributed by atoms with Gasteiger partial charge >= 0.3 is 0 Å². The highest BCUT2D eigenvalue weighted by atomic mass is 32.2. The van der Waals surface area contributed by atoms with Gasteiger partial charge in [-0.1, -0.05) is 0 Å². The number of hydrogen-bond acceptors (Lipinski definition) is 5. The largest absolute Gasteiger partial charge is 0.378 e. The summed E-state index contributed by atoms with van der Waals surface area (Å²) in [4.78, 5) is 24.9. The maximum Gasteiger partial charge on any atom is 0.273 e. The lowest BCUT2D eigenvalue weighted by atomic mass is 10.1. The van der Waals surface area contributed by atoms with Crippen molar-refractivity contribution >= 4 is 27.5 Å². The molecule has 2 aliphatic rings. The number of fused-ring (bicyclic) bond motifs is 2. The minimum atomic E-state index is -3.94. The summed E-state index contributed by atoms with van der Waals surface area (Å²) in [6, 6.07) is 5.72. The van der Waals surface area contributed by atoms with Crippen molar-refractivity contribution in [2.75, 3.05) is 18.5 Å². The fourth-order valence-corrected chi connectivity index (χ4v) is 5.24. The van der Waals surface area contributed by atoms with Crippen molar-refractivity contribution in [3.8, 4) is 0 Å². The molecule has 2 aromatic rings. The zero-order chi connectivity index (χ0) is 20.6. The maximum absolute atomic E-state index is 13.0. The number of rotatable bonds is 4. The van der Waals surface area contributed by atoms with Gasteiger partial charge in [-0.2, -0.15) is 0 Å². The molecule has 1 saturated heterocycles. The van der Waals surface area contributed by atoms with Crippen LogP contribution in [0.3, 0.4) is 0 Å². The lowest BCUT2D eigenvalue weighted by Gasteiger charge is -2.22. The Morgan fingerprint density at radius 2 is 2.14 bits per heavy atom. The van der Waals surface area contributed by atoms with E-state index in [9.17, 15) is 18.0 Å². The second-order valence-corrected chi connectivity index (χ2v) is 9.19.